The Kier molecular flexibility index (Phi) is 8.15. The summed E-state index contributed by atoms with van der Waals surface area (Å²) in [7, 11) is 0. The maximum atomic E-state index is 14.4. The molecule has 9 heteroatoms. The first kappa shape index (κ1) is 24.1. The van der Waals surface area contributed by atoms with Crippen LogP contribution in [0.5, 0.6) is 5.75 Å². The minimum Gasteiger partial charge on any atom is -0.485 e. The zero-order valence-corrected chi connectivity index (χ0v) is 19.2. The van der Waals surface area contributed by atoms with Crippen molar-refractivity contribution in [1.29, 1.82) is 0 Å². The predicted octanol–water partition coefficient (Wildman–Crippen LogP) is 5.41. The molecule has 0 radical (unpaired) electrons. The molecule has 0 spiro atoms. The van der Waals surface area contributed by atoms with Crippen molar-refractivity contribution >= 4 is 34.9 Å². The average Bonchev–Trinajstić information content (AvgIpc) is 2.76. The van der Waals surface area contributed by atoms with E-state index in [-0.39, 0.29) is 23.2 Å². The van der Waals surface area contributed by atoms with Crippen LogP contribution in [0.4, 0.5) is 20.2 Å². The lowest BCUT2D eigenvalue weighted by Crippen LogP contribution is -2.37. The molecule has 32 heavy (non-hydrogen) atoms. The van der Waals surface area contributed by atoms with Crippen LogP contribution in [0.25, 0.3) is 0 Å². The maximum absolute atomic E-state index is 14.4. The number of hydrogen-bond acceptors (Lipinski definition) is 6. The molecule has 0 saturated carbocycles. The molecule has 0 unspecified atom stereocenters. The number of nitrogens with one attached hydrogen (secondary N) is 1. The molecule has 0 aromatic heterocycles. The van der Waals surface area contributed by atoms with Crippen LogP contribution >= 0.6 is 23.5 Å². The molecule has 3 rings (SSSR count). The van der Waals surface area contributed by atoms with Crippen molar-refractivity contribution in [2.75, 3.05) is 22.7 Å². The second-order valence-electron chi connectivity index (χ2n) is 7.41. The molecule has 0 bridgehead atoms. The smallest absolute Gasteiger partial charge is 0.272 e. The fourth-order valence-electron chi connectivity index (χ4n) is 2.99. The van der Waals surface area contributed by atoms with Gasteiger partial charge in [0.2, 0.25) is 0 Å². The van der Waals surface area contributed by atoms with Crippen molar-refractivity contribution in [2.24, 2.45) is 0 Å². The Morgan fingerprint density at radius 1 is 1.06 bits per heavy atom. The van der Waals surface area contributed by atoms with E-state index in [1.165, 1.54) is 11.9 Å². The number of rotatable bonds is 11. The van der Waals surface area contributed by atoms with Crippen LogP contribution in [0.15, 0.2) is 56.9 Å². The minimum absolute atomic E-state index is 0.0757. The Balaban J connectivity index is 1.61. The Morgan fingerprint density at radius 3 is 2.47 bits per heavy atom. The highest BCUT2D eigenvalue weighted by atomic mass is 35.5. The highest BCUT2D eigenvalue weighted by molar-refractivity contribution is 8.00. The van der Waals surface area contributed by atoms with Gasteiger partial charge in [0.05, 0.1) is 11.8 Å². The standard InChI is InChI=1S/C23H23ClF2N2O3S/c1-14(2)31-23-20(21(29)22(23)30)27-11-3-4-12-28(19-13-16(25)7-10-18(19)26)32-17-8-5-15(24)6-9-17/h5-10,13-14,27H,3-4,11-12H2,1-2H3. The number of unbranched alkanes of at least 4 members (excludes halogenated alkanes) is 1. The molecule has 0 atom stereocenters. The van der Waals surface area contributed by atoms with Gasteiger partial charge in [-0.1, -0.05) is 11.6 Å². The summed E-state index contributed by atoms with van der Waals surface area (Å²) in [4.78, 5) is 24.2. The van der Waals surface area contributed by atoms with Gasteiger partial charge in [-0.25, -0.2) is 8.78 Å². The van der Waals surface area contributed by atoms with Crippen LogP contribution in [0.1, 0.15) is 26.7 Å². The first-order valence-electron chi connectivity index (χ1n) is 10.2. The number of halogens is 3. The molecule has 1 N–H and O–H groups in total. The summed E-state index contributed by atoms with van der Waals surface area (Å²) >= 11 is 7.21. The Morgan fingerprint density at radius 2 is 1.78 bits per heavy atom. The Labute approximate surface area is 194 Å². The lowest BCUT2D eigenvalue weighted by atomic mass is 10.2. The summed E-state index contributed by atoms with van der Waals surface area (Å²) in [6.45, 7) is 4.42. The fraction of sp³-hybridized carbons (Fsp3) is 0.304. The van der Waals surface area contributed by atoms with E-state index in [2.05, 4.69) is 5.32 Å². The number of benzene rings is 2. The molecular formula is C23H23ClF2N2O3S. The molecule has 3 aromatic rings. The summed E-state index contributed by atoms with van der Waals surface area (Å²) in [6.07, 6.45) is 1.05. The van der Waals surface area contributed by atoms with Crippen molar-refractivity contribution in [1.82, 2.24) is 0 Å². The molecule has 170 valence electrons. The Hall–Kier alpha value is -2.58. The van der Waals surface area contributed by atoms with Crippen molar-refractivity contribution < 1.29 is 13.5 Å². The van der Waals surface area contributed by atoms with E-state index < -0.39 is 22.5 Å². The molecule has 0 aliphatic heterocycles. The van der Waals surface area contributed by atoms with Crippen molar-refractivity contribution in [3.8, 4) is 5.75 Å². The van der Waals surface area contributed by atoms with Crippen molar-refractivity contribution in [3.05, 3.63) is 79.6 Å². The second-order valence-corrected chi connectivity index (χ2v) is 8.94. The average molecular weight is 481 g/mol. The van der Waals surface area contributed by atoms with E-state index in [4.69, 9.17) is 16.3 Å². The van der Waals surface area contributed by atoms with Gasteiger partial charge in [0.1, 0.15) is 17.3 Å². The lowest BCUT2D eigenvalue weighted by Gasteiger charge is -2.24. The van der Waals surface area contributed by atoms with E-state index in [9.17, 15) is 18.4 Å². The van der Waals surface area contributed by atoms with E-state index in [0.29, 0.717) is 31.0 Å². The quantitative estimate of drug-likeness (QED) is 0.225. The van der Waals surface area contributed by atoms with Crippen LogP contribution in [0.3, 0.4) is 0 Å². The first-order valence-corrected chi connectivity index (χ1v) is 11.3. The molecule has 0 saturated heterocycles. The van der Waals surface area contributed by atoms with Crippen molar-refractivity contribution in [3.63, 3.8) is 0 Å². The normalized spacial score (nSPS) is 11.2. The number of anilines is 2. The molecule has 0 aliphatic rings. The molecule has 0 aliphatic carbocycles. The van der Waals surface area contributed by atoms with Crippen LogP contribution in [-0.4, -0.2) is 19.2 Å². The zero-order chi connectivity index (χ0) is 23.3. The maximum Gasteiger partial charge on any atom is 0.272 e. The summed E-state index contributed by atoms with van der Waals surface area (Å²) in [5.74, 6) is -0.973. The topological polar surface area (TPSA) is 58.6 Å². The highest BCUT2D eigenvalue weighted by Crippen LogP contribution is 2.32. The van der Waals surface area contributed by atoms with Gasteiger partial charge in [-0.3, -0.25) is 9.59 Å². The van der Waals surface area contributed by atoms with Gasteiger partial charge in [0.15, 0.2) is 5.75 Å². The van der Waals surface area contributed by atoms with Crippen LogP contribution in [0, 0.1) is 11.6 Å². The summed E-state index contributed by atoms with van der Waals surface area (Å²) < 4.78 is 35.2. The van der Waals surface area contributed by atoms with Crippen LogP contribution < -0.4 is 25.2 Å². The summed E-state index contributed by atoms with van der Waals surface area (Å²) in [5, 5.41) is 3.54. The van der Waals surface area contributed by atoms with Crippen LogP contribution in [-0.2, 0) is 0 Å². The van der Waals surface area contributed by atoms with E-state index in [0.717, 1.165) is 23.1 Å². The third-order valence-corrected chi connectivity index (χ3v) is 5.85. The third kappa shape index (κ3) is 6.01. The number of hydrogen-bond donors (Lipinski definition) is 1. The molecular weight excluding hydrogens is 458 g/mol. The monoisotopic (exact) mass is 480 g/mol. The van der Waals surface area contributed by atoms with Gasteiger partial charge < -0.3 is 14.4 Å². The van der Waals surface area contributed by atoms with Gasteiger partial charge in [0, 0.05) is 29.1 Å². The number of nitrogens with zero attached hydrogens (tertiary/aromatic N) is 1. The highest BCUT2D eigenvalue weighted by Gasteiger charge is 2.23. The Bertz CT molecular complexity index is 1130. The van der Waals surface area contributed by atoms with Gasteiger partial charge >= 0.3 is 0 Å². The summed E-state index contributed by atoms with van der Waals surface area (Å²) in [5.41, 5.74) is -0.851. The molecule has 0 amide bonds. The van der Waals surface area contributed by atoms with E-state index in [1.54, 1.807) is 42.4 Å². The van der Waals surface area contributed by atoms with Gasteiger partial charge in [-0.2, -0.15) is 0 Å². The SMILES string of the molecule is CC(C)Oc1c(NCCCCN(Sc2ccc(Cl)cc2)c2cc(F)ccc2F)c(=O)c1=O. The van der Waals surface area contributed by atoms with Gasteiger partial charge in [0.25, 0.3) is 10.9 Å². The van der Waals surface area contributed by atoms with E-state index in [1.807, 2.05) is 0 Å². The minimum atomic E-state index is -0.617. The zero-order valence-electron chi connectivity index (χ0n) is 17.7. The predicted molar refractivity (Wildman–Crippen MR) is 126 cm³/mol. The second kappa shape index (κ2) is 10.8. The van der Waals surface area contributed by atoms with Gasteiger partial charge in [-0.15, -0.1) is 0 Å². The van der Waals surface area contributed by atoms with Crippen LogP contribution in [0.2, 0.25) is 5.02 Å². The summed E-state index contributed by atoms with van der Waals surface area (Å²) in [6, 6.07) is 10.4. The molecule has 0 fully saturated rings. The van der Waals surface area contributed by atoms with E-state index >= 15 is 0 Å². The molecule has 5 nitrogen and oxygen atoms in total. The molecule has 3 aromatic carbocycles. The number of ether oxygens (including phenoxy) is 1. The largest absolute Gasteiger partial charge is 0.485 e. The fourth-order valence-corrected chi connectivity index (χ4v) is 4.09. The van der Waals surface area contributed by atoms with Gasteiger partial charge in [-0.05, 0) is 75.0 Å². The third-order valence-electron chi connectivity index (χ3n) is 4.52. The lowest BCUT2D eigenvalue weighted by molar-refractivity contribution is 0.238. The molecule has 0 heterocycles. The van der Waals surface area contributed by atoms with Crippen molar-refractivity contribution in [2.45, 2.75) is 37.7 Å². The first-order chi connectivity index (χ1) is 15.3.